The Morgan fingerprint density at radius 3 is 2.65 bits per heavy atom. The van der Waals surface area contributed by atoms with Gasteiger partial charge in [0.2, 0.25) is 11.8 Å². The number of rotatable bonds is 5. The van der Waals surface area contributed by atoms with Crippen LogP contribution in [0.1, 0.15) is 57.4 Å². The number of anilines is 1. The number of fused-ring (bicyclic) bond motifs is 3. The first-order chi connectivity index (χ1) is 16.6. The van der Waals surface area contributed by atoms with Crippen LogP contribution in [0.15, 0.2) is 43.0 Å². The molecule has 5 rings (SSSR count). The van der Waals surface area contributed by atoms with Crippen molar-refractivity contribution in [1.82, 2.24) is 19.4 Å². The number of carbonyl (C=O) groups is 2. The van der Waals surface area contributed by atoms with E-state index in [1.54, 1.807) is 19.4 Å². The Morgan fingerprint density at radius 1 is 1.06 bits per heavy atom. The number of amides is 2. The maximum atomic E-state index is 13.6. The number of carbonyl (C=O) groups excluding carboxylic acids is 2. The van der Waals surface area contributed by atoms with Gasteiger partial charge >= 0.3 is 0 Å². The molecule has 1 aromatic carbocycles. The highest BCUT2D eigenvalue weighted by atomic mass is 16.2. The van der Waals surface area contributed by atoms with Crippen LogP contribution in [0, 0.1) is 5.92 Å². The Morgan fingerprint density at radius 2 is 1.88 bits per heavy atom. The van der Waals surface area contributed by atoms with E-state index in [9.17, 15) is 9.59 Å². The van der Waals surface area contributed by atoms with Crippen LogP contribution >= 0.6 is 0 Å². The van der Waals surface area contributed by atoms with E-state index in [1.165, 1.54) is 25.7 Å². The predicted molar refractivity (Wildman–Crippen MR) is 132 cm³/mol. The molecule has 182 valence electrons. The Balaban J connectivity index is 1.45. The van der Waals surface area contributed by atoms with Gasteiger partial charge in [-0.25, -0.2) is 4.98 Å². The van der Waals surface area contributed by atoms with E-state index >= 15 is 0 Å². The Kier molecular flexibility index (Phi) is 6.99. The van der Waals surface area contributed by atoms with Crippen molar-refractivity contribution in [1.29, 1.82) is 0 Å². The first-order valence-electron chi connectivity index (χ1n) is 12.9. The van der Waals surface area contributed by atoms with E-state index in [2.05, 4.69) is 20.9 Å². The third-order valence-electron chi connectivity index (χ3n) is 7.82. The van der Waals surface area contributed by atoms with Crippen molar-refractivity contribution < 1.29 is 9.59 Å². The molecule has 3 heterocycles. The third-order valence-corrected chi connectivity index (χ3v) is 7.82. The number of hydrogen-bond donors (Lipinski definition) is 0. The van der Waals surface area contributed by atoms with Crippen LogP contribution in [0.4, 0.5) is 5.69 Å². The normalized spacial score (nSPS) is 23.8. The number of aryl methyl sites for hydroxylation is 1. The molecule has 34 heavy (non-hydrogen) atoms. The first-order valence-corrected chi connectivity index (χ1v) is 12.9. The third kappa shape index (κ3) is 5.35. The van der Waals surface area contributed by atoms with Crippen LogP contribution in [-0.4, -0.2) is 62.9 Å². The summed E-state index contributed by atoms with van der Waals surface area (Å²) in [5.74, 6) is 1.05. The summed E-state index contributed by atoms with van der Waals surface area (Å²) in [6, 6.07) is 9.01. The summed E-state index contributed by atoms with van der Waals surface area (Å²) < 4.78 is 1.96. The second-order valence-electron chi connectivity index (χ2n) is 10.3. The molecule has 3 aliphatic rings. The highest BCUT2D eigenvalue weighted by Crippen LogP contribution is 2.36. The zero-order valence-electron chi connectivity index (χ0n) is 20.3. The maximum absolute atomic E-state index is 13.6. The molecule has 0 radical (unpaired) electrons. The minimum atomic E-state index is 0.0748. The lowest BCUT2D eigenvalue weighted by atomic mass is 9.92. The fraction of sp³-hybridized carbons (Fsp3) is 0.593. The molecule has 2 aliphatic heterocycles. The molecule has 1 aliphatic carbocycles. The minimum absolute atomic E-state index is 0.0748. The molecule has 2 aromatic rings. The van der Waals surface area contributed by atoms with Crippen molar-refractivity contribution in [3.8, 4) is 0 Å². The van der Waals surface area contributed by atoms with E-state index in [4.69, 9.17) is 0 Å². The van der Waals surface area contributed by atoms with Crippen LogP contribution in [0.25, 0.3) is 0 Å². The van der Waals surface area contributed by atoms with Crippen LogP contribution in [0.3, 0.4) is 0 Å². The Bertz CT molecular complexity index is 987. The average molecular weight is 464 g/mol. The van der Waals surface area contributed by atoms with Gasteiger partial charge in [0.15, 0.2) is 0 Å². The number of imidazole rings is 1. The second-order valence-corrected chi connectivity index (χ2v) is 10.3. The topological polar surface area (TPSA) is 61.7 Å². The fourth-order valence-corrected chi connectivity index (χ4v) is 5.77. The van der Waals surface area contributed by atoms with Gasteiger partial charge in [-0.15, -0.1) is 0 Å². The molecule has 2 fully saturated rings. The van der Waals surface area contributed by atoms with Crippen molar-refractivity contribution in [2.24, 2.45) is 5.92 Å². The standard InChI is InChI=1S/C27H37N5O2/c1-21(33)31-15-11-24-6-4-7-25(32(24)17-22-9-10-22)19-30(18-23-5-2-3-8-26(23)31)27(34)12-14-29-16-13-28-20-29/h2-3,5,8,13,16,20,22,24-25H,4,6-7,9-12,14-15,17-19H2,1H3. The van der Waals surface area contributed by atoms with Gasteiger partial charge in [-0.05, 0) is 49.7 Å². The maximum Gasteiger partial charge on any atom is 0.224 e. The van der Waals surface area contributed by atoms with Gasteiger partial charge in [-0.3, -0.25) is 14.5 Å². The molecule has 1 saturated carbocycles. The molecular formula is C27H37N5O2. The number of nitrogens with zero attached hydrogens (tertiary/aromatic N) is 5. The SMILES string of the molecule is CC(=O)N1CCC2CCCC(CN(C(=O)CCn3ccnc3)Cc3ccccc31)N2CC1CC1. The van der Waals surface area contributed by atoms with Gasteiger partial charge in [0.1, 0.15) is 0 Å². The second kappa shape index (κ2) is 10.3. The van der Waals surface area contributed by atoms with Crippen molar-refractivity contribution in [3.63, 3.8) is 0 Å². The highest BCUT2D eigenvalue weighted by Gasteiger charge is 2.37. The smallest absolute Gasteiger partial charge is 0.224 e. The molecule has 2 unspecified atom stereocenters. The zero-order chi connectivity index (χ0) is 23.5. The van der Waals surface area contributed by atoms with Gasteiger partial charge in [0.25, 0.3) is 0 Å². The molecule has 0 N–H and O–H groups in total. The van der Waals surface area contributed by atoms with E-state index < -0.39 is 0 Å². The van der Waals surface area contributed by atoms with Crippen LogP contribution in [0.5, 0.6) is 0 Å². The summed E-state index contributed by atoms with van der Waals surface area (Å²) >= 11 is 0. The van der Waals surface area contributed by atoms with E-state index in [-0.39, 0.29) is 11.8 Å². The summed E-state index contributed by atoms with van der Waals surface area (Å²) in [5, 5.41) is 0. The monoisotopic (exact) mass is 463 g/mol. The lowest BCUT2D eigenvalue weighted by Gasteiger charge is -2.44. The number of hydrogen-bond acceptors (Lipinski definition) is 4. The van der Waals surface area contributed by atoms with Crippen molar-refractivity contribution in [3.05, 3.63) is 48.5 Å². The van der Waals surface area contributed by atoms with Gasteiger partial charge < -0.3 is 14.4 Å². The van der Waals surface area contributed by atoms with Crippen LogP contribution in [-0.2, 0) is 22.7 Å². The highest BCUT2D eigenvalue weighted by molar-refractivity contribution is 5.92. The zero-order valence-corrected chi connectivity index (χ0v) is 20.3. The molecule has 2 atom stereocenters. The lowest BCUT2D eigenvalue weighted by Crippen LogP contribution is -2.53. The average Bonchev–Trinajstić information content (AvgIpc) is 3.49. The first kappa shape index (κ1) is 23.1. The Hall–Kier alpha value is -2.67. The molecule has 7 nitrogen and oxygen atoms in total. The van der Waals surface area contributed by atoms with Crippen molar-refractivity contribution in [2.45, 2.75) is 77.0 Å². The number of piperidine rings is 1. The van der Waals surface area contributed by atoms with Gasteiger partial charge in [0, 0.05) is 76.2 Å². The van der Waals surface area contributed by atoms with Crippen LogP contribution < -0.4 is 4.90 Å². The summed E-state index contributed by atoms with van der Waals surface area (Å²) in [7, 11) is 0. The van der Waals surface area contributed by atoms with Gasteiger partial charge in [0.05, 0.1) is 6.33 Å². The largest absolute Gasteiger partial charge is 0.337 e. The van der Waals surface area contributed by atoms with Crippen molar-refractivity contribution in [2.75, 3.05) is 24.5 Å². The molecule has 2 amide bonds. The molecule has 1 aromatic heterocycles. The Labute approximate surface area is 202 Å². The van der Waals surface area contributed by atoms with Crippen LogP contribution in [0.2, 0.25) is 0 Å². The molecule has 0 spiro atoms. The summed E-state index contributed by atoms with van der Waals surface area (Å²) in [5.41, 5.74) is 2.01. The minimum Gasteiger partial charge on any atom is -0.337 e. The molecule has 2 bridgehead atoms. The van der Waals surface area contributed by atoms with E-state index in [0.29, 0.717) is 31.6 Å². The van der Waals surface area contributed by atoms with E-state index in [0.717, 1.165) is 49.6 Å². The summed E-state index contributed by atoms with van der Waals surface area (Å²) in [6.07, 6.45) is 13.1. The predicted octanol–water partition coefficient (Wildman–Crippen LogP) is 3.69. The summed E-state index contributed by atoms with van der Waals surface area (Å²) in [4.78, 5) is 37.1. The van der Waals surface area contributed by atoms with Gasteiger partial charge in [-0.2, -0.15) is 0 Å². The quantitative estimate of drug-likeness (QED) is 0.679. The molecule has 1 saturated heterocycles. The summed E-state index contributed by atoms with van der Waals surface area (Å²) in [6.45, 7) is 5.48. The number of benzene rings is 1. The van der Waals surface area contributed by atoms with Gasteiger partial charge in [-0.1, -0.05) is 24.6 Å². The van der Waals surface area contributed by atoms with Crippen molar-refractivity contribution >= 4 is 17.5 Å². The number of para-hydroxylation sites is 1. The van der Waals surface area contributed by atoms with E-state index in [1.807, 2.05) is 33.9 Å². The number of aromatic nitrogens is 2. The lowest BCUT2D eigenvalue weighted by molar-refractivity contribution is -0.133. The fourth-order valence-electron chi connectivity index (χ4n) is 5.77. The molecule has 7 heteroatoms. The molecular weight excluding hydrogens is 426 g/mol.